The van der Waals surface area contributed by atoms with Crippen LogP contribution in [0.2, 0.25) is 0 Å². The Morgan fingerprint density at radius 2 is 1.64 bits per heavy atom. The molecule has 0 heterocycles. The molecule has 0 spiro atoms. The Morgan fingerprint density at radius 3 is 2.14 bits per heavy atom. The molecule has 0 aliphatic rings. The standard InChI is InChI=1S/C14H28O7.Na/c1-2-3-4-5-6-7-8-21-13(12(18)14(19)20)11(17)10(16)9-15;/h10-13,15-18H,2-9H2,1H3,(H,19,20);/q;+1/p-1/t10-,11-,12-,13+;/m1./s1. The van der Waals surface area contributed by atoms with E-state index in [-0.39, 0.29) is 36.2 Å². The number of carboxylic acids is 1. The first kappa shape index (κ1) is 24.5. The molecule has 4 N–H and O–H groups in total. The molecule has 0 rings (SSSR count). The second-order valence-corrected chi connectivity index (χ2v) is 5.11. The molecular weight excluding hydrogens is 303 g/mol. The summed E-state index contributed by atoms with van der Waals surface area (Å²) in [6, 6.07) is 0. The molecule has 0 aliphatic heterocycles. The van der Waals surface area contributed by atoms with Crippen molar-refractivity contribution in [2.45, 2.75) is 69.9 Å². The predicted molar refractivity (Wildman–Crippen MR) is 73.2 cm³/mol. The van der Waals surface area contributed by atoms with Gasteiger partial charge >= 0.3 is 29.6 Å². The van der Waals surface area contributed by atoms with Gasteiger partial charge in [0, 0.05) is 6.61 Å². The molecule has 0 aromatic heterocycles. The number of aliphatic hydroxyl groups excluding tert-OH is 4. The van der Waals surface area contributed by atoms with Gasteiger partial charge < -0.3 is 35.1 Å². The number of carbonyl (C=O) groups is 1. The Bertz CT molecular complexity index is 278. The molecule has 0 radical (unpaired) electrons. The van der Waals surface area contributed by atoms with Crippen LogP contribution in [0.25, 0.3) is 0 Å². The zero-order chi connectivity index (χ0) is 16.3. The molecule has 126 valence electrons. The first-order chi connectivity index (χ1) is 9.95. The van der Waals surface area contributed by atoms with E-state index in [1.807, 2.05) is 0 Å². The molecule has 7 nitrogen and oxygen atoms in total. The fourth-order valence-corrected chi connectivity index (χ4v) is 1.94. The van der Waals surface area contributed by atoms with Crippen molar-refractivity contribution in [2.24, 2.45) is 0 Å². The molecule has 0 aromatic rings. The summed E-state index contributed by atoms with van der Waals surface area (Å²) in [5.74, 6) is -1.80. The van der Waals surface area contributed by atoms with Crippen LogP contribution in [0.5, 0.6) is 0 Å². The van der Waals surface area contributed by atoms with Crippen LogP contribution in [0.3, 0.4) is 0 Å². The molecule has 4 atom stereocenters. The van der Waals surface area contributed by atoms with Gasteiger partial charge in [-0.25, -0.2) is 0 Å². The number of carboxylic acid groups (broad SMARTS) is 1. The second kappa shape index (κ2) is 14.8. The van der Waals surface area contributed by atoms with E-state index < -0.39 is 37.0 Å². The molecule has 22 heavy (non-hydrogen) atoms. The van der Waals surface area contributed by atoms with Crippen molar-refractivity contribution in [2.75, 3.05) is 13.2 Å². The molecule has 0 unspecified atom stereocenters. The van der Waals surface area contributed by atoms with E-state index in [1.54, 1.807) is 0 Å². The molecule has 0 saturated carbocycles. The number of hydrogen-bond donors (Lipinski definition) is 4. The Labute approximate surface area is 153 Å². The van der Waals surface area contributed by atoms with Crippen molar-refractivity contribution < 1.29 is 64.6 Å². The topological polar surface area (TPSA) is 130 Å². The van der Waals surface area contributed by atoms with E-state index in [2.05, 4.69) is 6.92 Å². The number of hydrogen-bond acceptors (Lipinski definition) is 7. The van der Waals surface area contributed by atoms with Crippen molar-refractivity contribution >= 4 is 5.97 Å². The van der Waals surface area contributed by atoms with Gasteiger partial charge in [0.25, 0.3) is 0 Å². The van der Waals surface area contributed by atoms with E-state index in [0.717, 1.165) is 32.1 Å². The van der Waals surface area contributed by atoms with Gasteiger partial charge in [0.15, 0.2) is 0 Å². The second-order valence-electron chi connectivity index (χ2n) is 5.11. The molecule has 0 aromatic carbocycles. The third-order valence-corrected chi connectivity index (χ3v) is 3.28. The van der Waals surface area contributed by atoms with E-state index in [9.17, 15) is 25.2 Å². The van der Waals surface area contributed by atoms with Crippen LogP contribution < -0.4 is 34.7 Å². The maximum Gasteiger partial charge on any atom is 1.00 e. The molecule has 0 bridgehead atoms. The number of carbonyl (C=O) groups excluding carboxylic acids is 1. The fourth-order valence-electron chi connectivity index (χ4n) is 1.94. The summed E-state index contributed by atoms with van der Waals surface area (Å²) < 4.78 is 5.16. The minimum atomic E-state index is -2.07. The van der Waals surface area contributed by atoms with Crippen molar-refractivity contribution in [1.82, 2.24) is 0 Å². The summed E-state index contributed by atoms with van der Waals surface area (Å²) >= 11 is 0. The summed E-state index contributed by atoms with van der Waals surface area (Å²) in [6.07, 6.45) is -0.893. The molecule has 0 fully saturated rings. The van der Waals surface area contributed by atoms with Crippen LogP contribution in [-0.2, 0) is 9.53 Å². The summed E-state index contributed by atoms with van der Waals surface area (Å²) in [6.45, 7) is 1.50. The van der Waals surface area contributed by atoms with E-state index in [0.29, 0.717) is 6.42 Å². The van der Waals surface area contributed by atoms with Gasteiger partial charge in [0.2, 0.25) is 0 Å². The minimum Gasteiger partial charge on any atom is -0.547 e. The predicted octanol–water partition coefficient (Wildman–Crippen LogP) is -4.44. The maximum atomic E-state index is 10.7. The van der Waals surface area contributed by atoms with Crippen molar-refractivity contribution in [3.63, 3.8) is 0 Å². The number of ether oxygens (including phenoxy) is 1. The van der Waals surface area contributed by atoms with Gasteiger partial charge in [-0.15, -0.1) is 0 Å². The third-order valence-electron chi connectivity index (χ3n) is 3.28. The fraction of sp³-hybridized carbons (Fsp3) is 0.929. The van der Waals surface area contributed by atoms with Gasteiger partial charge in [-0.3, -0.25) is 0 Å². The quantitative estimate of drug-likeness (QED) is 0.198. The Hall–Kier alpha value is 0.270. The van der Waals surface area contributed by atoms with E-state index in [1.165, 1.54) is 0 Å². The monoisotopic (exact) mass is 330 g/mol. The number of aliphatic hydroxyl groups is 4. The number of unbranched alkanes of at least 4 members (excludes halogenated alkanes) is 5. The average molecular weight is 330 g/mol. The molecule has 8 heteroatoms. The Kier molecular flexibility index (Phi) is 16.5. The van der Waals surface area contributed by atoms with E-state index in [4.69, 9.17) is 9.84 Å². The van der Waals surface area contributed by atoms with Gasteiger partial charge in [0.1, 0.15) is 24.4 Å². The third kappa shape index (κ3) is 10.1. The van der Waals surface area contributed by atoms with Gasteiger partial charge in [-0.05, 0) is 6.42 Å². The smallest absolute Gasteiger partial charge is 0.547 e. The number of rotatable bonds is 13. The first-order valence-electron chi connectivity index (χ1n) is 7.43. The first-order valence-corrected chi connectivity index (χ1v) is 7.43. The van der Waals surface area contributed by atoms with Crippen molar-refractivity contribution in [1.29, 1.82) is 0 Å². The summed E-state index contributed by atoms with van der Waals surface area (Å²) in [4.78, 5) is 10.7. The summed E-state index contributed by atoms with van der Waals surface area (Å²) in [5, 5.41) is 47.9. The Morgan fingerprint density at radius 1 is 1.09 bits per heavy atom. The summed E-state index contributed by atoms with van der Waals surface area (Å²) in [5.41, 5.74) is 0. The Balaban J connectivity index is 0. The normalized spacial score (nSPS) is 16.4. The molecule has 0 saturated heterocycles. The molecule has 0 aliphatic carbocycles. The van der Waals surface area contributed by atoms with Crippen LogP contribution in [0.15, 0.2) is 0 Å². The SMILES string of the molecule is CCCCCCCCO[C@@H]([C@H](O)[C@H](O)CO)[C@@H](O)C(=O)[O-].[Na+]. The minimum absolute atomic E-state index is 0. The molecule has 0 amide bonds. The zero-order valence-electron chi connectivity index (χ0n) is 13.5. The average Bonchev–Trinajstić information content (AvgIpc) is 2.47. The van der Waals surface area contributed by atoms with Crippen LogP contribution in [0.4, 0.5) is 0 Å². The van der Waals surface area contributed by atoms with E-state index >= 15 is 0 Å². The van der Waals surface area contributed by atoms with Crippen LogP contribution in [0, 0.1) is 0 Å². The van der Waals surface area contributed by atoms with Crippen molar-refractivity contribution in [3.8, 4) is 0 Å². The largest absolute Gasteiger partial charge is 1.00 e. The maximum absolute atomic E-state index is 10.7. The van der Waals surface area contributed by atoms with Crippen LogP contribution in [-0.4, -0.2) is 64.0 Å². The van der Waals surface area contributed by atoms with Gasteiger partial charge in [-0.2, -0.15) is 0 Å². The van der Waals surface area contributed by atoms with Gasteiger partial charge in [0.05, 0.1) is 12.6 Å². The molecular formula is C14H27NaO7. The van der Waals surface area contributed by atoms with Crippen LogP contribution in [0.1, 0.15) is 45.4 Å². The number of aliphatic carboxylic acids is 1. The van der Waals surface area contributed by atoms with Crippen molar-refractivity contribution in [3.05, 3.63) is 0 Å². The zero-order valence-corrected chi connectivity index (χ0v) is 15.5. The van der Waals surface area contributed by atoms with Gasteiger partial charge in [-0.1, -0.05) is 39.0 Å². The summed E-state index contributed by atoms with van der Waals surface area (Å²) in [7, 11) is 0. The van der Waals surface area contributed by atoms with Crippen LogP contribution >= 0.6 is 0 Å².